The summed E-state index contributed by atoms with van der Waals surface area (Å²) in [6, 6.07) is 9.39. The van der Waals surface area contributed by atoms with Gasteiger partial charge in [-0.05, 0) is 42.3 Å². The summed E-state index contributed by atoms with van der Waals surface area (Å²) in [6.45, 7) is 0.890. The number of halogens is 4. The Bertz CT molecular complexity index is 789. The second kappa shape index (κ2) is 6.84. The molecule has 2 N–H and O–H groups in total. The molecule has 1 heterocycles. The minimum atomic E-state index is -4.63. The molecule has 3 rings (SSSR count). The van der Waals surface area contributed by atoms with Gasteiger partial charge < -0.3 is 10.6 Å². The van der Waals surface area contributed by atoms with Gasteiger partial charge in [0.25, 0.3) is 5.91 Å². The minimum Gasteiger partial charge on any atom is -0.350 e. The van der Waals surface area contributed by atoms with Crippen LogP contribution < -0.4 is 10.6 Å². The predicted octanol–water partition coefficient (Wildman–Crippen LogP) is 3.46. The molecule has 0 spiro atoms. The monoisotopic (exact) mass is 352 g/mol. The first-order chi connectivity index (χ1) is 11.9. The number of hydrogen-bond acceptors (Lipinski definition) is 2. The highest BCUT2D eigenvalue weighted by Gasteiger charge is 2.32. The van der Waals surface area contributed by atoms with Gasteiger partial charge in [-0.25, -0.2) is 4.39 Å². The molecule has 2 aromatic carbocycles. The quantitative estimate of drug-likeness (QED) is 0.831. The molecule has 1 unspecified atom stereocenters. The lowest BCUT2D eigenvalue weighted by Gasteiger charge is -2.27. The normalized spacial score (nSPS) is 17.0. The average molecular weight is 352 g/mol. The molecule has 2 aromatic rings. The van der Waals surface area contributed by atoms with Crippen molar-refractivity contribution in [2.45, 2.75) is 18.6 Å². The molecule has 132 valence electrons. The molecule has 1 aliphatic heterocycles. The minimum absolute atomic E-state index is 0.158. The molecule has 25 heavy (non-hydrogen) atoms. The topological polar surface area (TPSA) is 41.1 Å². The highest BCUT2D eigenvalue weighted by atomic mass is 19.4. The number of nitrogens with one attached hydrogen (secondary N) is 2. The summed E-state index contributed by atoms with van der Waals surface area (Å²) in [5.74, 6) is -1.85. The number of benzene rings is 2. The van der Waals surface area contributed by atoms with Crippen LogP contribution in [0.5, 0.6) is 0 Å². The van der Waals surface area contributed by atoms with Crippen LogP contribution in [-0.2, 0) is 12.6 Å². The summed E-state index contributed by atoms with van der Waals surface area (Å²) in [5.41, 5.74) is 0.517. The third-order valence-electron chi connectivity index (χ3n) is 4.22. The van der Waals surface area contributed by atoms with Gasteiger partial charge in [-0.1, -0.05) is 24.3 Å². The Labute approximate surface area is 142 Å². The Hall–Kier alpha value is -2.41. The van der Waals surface area contributed by atoms with Gasteiger partial charge in [0.15, 0.2) is 0 Å². The first-order valence-electron chi connectivity index (χ1n) is 7.82. The lowest BCUT2D eigenvalue weighted by atomic mass is 9.94. The van der Waals surface area contributed by atoms with E-state index in [1.165, 1.54) is 0 Å². The van der Waals surface area contributed by atoms with Gasteiger partial charge in [-0.3, -0.25) is 4.79 Å². The van der Waals surface area contributed by atoms with E-state index in [0.717, 1.165) is 24.1 Å². The summed E-state index contributed by atoms with van der Waals surface area (Å²) in [7, 11) is 0. The molecule has 0 saturated carbocycles. The van der Waals surface area contributed by atoms with Crippen LogP contribution in [0, 0.1) is 5.82 Å². The summed E-state index contributed by atoms with van der Waals surface area (Å²) in [5, 5.41) is 5.76. The molecule has 3 nitrogen and oxygen atoms in total. The van der Waals surface area contributed by atoms with Crippen molar-refractivity contribution in [1.82, 2.24) is 10.6 Å². The van der Waals surface area contributed by atoms with Crippen molar-refractivity contribution in [3.8, 4) is 0 Å². The fourth-order valence-electron chi connectivity index (χ4n) is 2.94. The van der Waals surface area contributed by atoms with Crippen LogP contribution in [0.1, 0.15) is 33.1 Å². The molecule has 0 bridgehead atoms. The number of rotatable bonds is 3. The van der Waals surface area contributed by atoms with Crippen LogP contribution in [0.3, 0.4) is 0 Å². The first kappa shape index (κ1) is 17.4. The van der Waals surface area contributed by atoms with E-state index >= 15 is 0 Å². The molecule has 1 amide bonds. The van der Waals surface area contributed by atoms with Crippen molar-refractivity contribution in [2.75, 3.05) is 13.1 Å². The highest BCUT2D eigenvalue weighted by molar-refractivity contribution is 5.94. The fourth-order valence-corrected chi connectivity index (χ4v) is 2.94. The van der Waals surface area contributed by atoms with E-state index in [4.69, 9.17) is 0 Å². The smallest absolute Gasteiger partial charge is 0.350 e. The number of hydrogen-bond donors (Lipinski definition) is 2. The number of carbonyl (C=O) groups is 1. The van der Waals surface area contributed by atoms with Gasteiger partial charge in [-0.15, -0.1) is 0 Å². The van der Waals surface area contributed by atoms with Crippen LogP contribution in [0.25, 0.3) is 0 Å². The zero-order valence-corrected chi connectivity index (χ0v) is 13.2. The standard InChI is InChI=1S/C18H16F4N2O/c19-15-6-5-12(18(20,21)22)9-14(15)17(25)24-10-16-13-4-2-1-3-11(13)7-8-23-16/h1-6,9,16,23H,7-8,10H2,(H,24,25). The van der Waals surface area contributed by atoms with E-state index < -0.39 is 29.0 Å². The van der Waals surface area contributed by atoms with Gasteiger partial charge in [0.05, 0.1) is 11.1 Å². The average Bonchev–Trinajstić information content (AvgIpc) is 2.59. The summed E-state index contributed by atoms with van der Waals surface area (Å²) in [4.78, 5) is 12.2. The maximum Gasteiger partial charge on any atom is 0.416 e. The van der Waals surface area contributed by atoms with Crippen molar-refractivity contribution in [3.05, 3.63) is 70.5 Å². The van der Waals surface area contributed by atoms with Crippen molar-refractivity contribution in [1.29, 1.82) is 0 Å². The van der Waals surface area contributed by atoms with E-state index in [9.17, 15) is 22.4 Å². The van der Waals surface area contributed by atoms with Crippen molar-refractivity contribution < 1.29 is 22.4 Å². The number of fused-ring (bicyclic) bond motifs is 1. The van der Waals surface area contributed by atoms with Crippen LogP contribution in [0.2, 0.25) is 0 Å². The second-order valence-electron chi connectivity index (χ2n) is 5.86. The Morgan fingerprint density at radius 3 is 2.72 bits per heavy atom. The Balaban J connectivity index is 1.74. The number of amides is 1. The molecule has 1 aliphatic rings. The third-order valence-corrected chi connectivity index (χ3v) is 4.22. The second-order valence-corrected chi connectivity index (χ2v) is 5.86. The maximum absolute atomic E-state index is 13.8. The number of carbonyl (C=O) groups excluding carboxylic acids is 1. The Morgan fingerprint density at radius 1 is 1.20 bits per heavy atom. The van der Waals surface area contributed by atoms with Crippen LogP contribution in [0.4, 0.5) is 17.6 Å². The molecule has 0 radical (unpaired) electrons. The van der Waals surface area contributed by atoms with Crippen molar-refractivity contribution in [2.24, 2.45) is 0 Å². The van der Waals surface area contributed by atoms with Crippen LogP contribution in [0.15, 0.2) is 42.5 Å². The Morgan fingerprint density at radius 2 is 1.96 bits per heavy atom. The van der Waals surface area contributed by atoms with E-state index in [1.807, 2.05) is 24.3 Å². The molecule has 7 heteroatoms. The SMILES string of the molecule is O=C(NCC1NCCc2ccccc21)c1cc(C(F)(F)F)ccc1F. The van der Waals surface area contributed by atoms with Gasteiger partial charge in [-0.2, -0.15) is 13.2 Å². The van der Waals surface area contributed by atoms with E-state index in [2.05, 4.69) is 10.6 Å². The lowest BCUT2D eigenvalue weighted by Crippen LogP contribution is -2.39. The van der Waals surface area contributed by atoms with Crippen LogP contribution >= 0.6 is 0 Å². The predicted molar refractivity (Wildman–Crippen MR) is 84.6 cm³/mol. The molecular weight excluding hydrogens is 336 g/mol. The van der Waals surface area contributed by atoms with Crippen molar-refractivity contribution in [3.63, 3.8) is 0 Å². The van der Waals surface area contributed by atoms with Crippen LogP contribution in [-0.4, -0.2) is 19.0 Å². The third kappa shape index (κ3) is 3.82. The van der Waals surface area contributed by atoms with E-state index in [-0.39, 0.29) is 12.6 Å². The fraction of sp³-hybridized carbons (Fsp3) is 0.278. The van der Waals surface area contributed by atoms with E-state index in [1.54, 1.807) is 0 Å². The molecule has 0 aromatic heterocycles. The lowest BCUT2D eigenvalue weighted by molar-refractivity contribution is -0.137. The Kier molecular flexibility index (Phi) is 4.76. The first-order valence-corrected chi connectivity index (χ1v) is 7.82. The zero-order chi connectivity index (χ0) is 18.0. The van der Waals surface area contributed by atoms with E-state index in [0.29, 0.717) is 18.2 Å². The molecule has 0 aliphatic carbocycles. The zero-order valence-electron chi connectivity index (χ0n) is 13.2. The van der Waals surface area contributed by atoms with Crippen molar-refractivity contribution >= 4 is 5.91 Å². The van der Waals surface area contributed by atoms with Gasteiger partial charge >= 0.3 is 6.18 Å². The molecular formula is C18H16F4N2O. The highest BCUT2D eigenvalue weighted by Crippen LogP contribution is 2.30. The van der Waals surface area contributed by atoms with Gasteiger partial charge in [0, 0.05) is 12.6 Å². The maximum atomic E-state index is 13.8. The summed E-state index contributed by atoms with van der Waals surface area (Å²) in [6.07, 6.45) is -3.77. The van der Waals surface area contributed by atoms with Gasteiger partial charge in [0.2, 0.25) is 0 Å². The van der Waals surface area contributed by atoms with Gasteiger partial charge in [0.1, 0.15) is 5.82 Å². The molecule has 0 fully saturated rings. The number of alkyl halides is 3. The molecule has 0 saturated heterocycles. The largest absolute Gasteiger partial charge is 0.416 e. The molecule has 1 atom stereocenters. The summed E-state index contributed by atoms with van der Waals surface area (Å²) < 4.78 is 52.0. The summed E-state index contributed by atoms with van der Waals surface area (Å²) >= 11 is 0.